The number of nitrogens with one attached hydrogen (secondary N) is 2. The van der Waals surface area contributed by atoms with Gasteiger partial charge in [0.15, 0.2) is 0 Å². The second kappa shape index (κ2) is 2.90. The number of carbonyl (C=O) groups excluding carboxylic acids is 2. The van der Waals surface area contributed by atoms with Crippen LogP contribution < -0.4 is 10.6 Å². The van der Waals surface area contributed by atoms with Crippen LogP contribution in [0.5, 0.6) is 0 Å². The molecule has 4 nitrogen and oxygen atoms in total. The molecule has 13 heavy (non-hydrogen) atoms. The molecule has 0 aromatic heterocycles. The molecule has 0 unspecified atom stereocenters. The first-order valence-corrected chi connectivity index (χ1v) is 3.93. The van der Waals surface area contributed by atoms with E-state index in [2.05, 4.69) is 10.6 Å². The molecule has 0 saturated carbocycles. The largest absolute Gasteiger partial charge is 0.328 e. The lowest BCUT2D eigenvalue weighted by Gasteiger charge is -2.03. The van der Waals surface area contributed by atoms with Crippen molar-refractivity contribution >= 4 is 23.7 Å². The summed E-state index contributed by atoms with van der Waals surface area (Å²) in [5.41, 5.74) is 2.35. The monoisotopic (exact) mass is 176 g/mol. The number of hydrogen-bond acceptors (Lipinski definition) is 2. The summed E-state index contributed by atoms with van der Waals surface area (Å²) in [6.45, 7) is 0. The van der Waals surface area contributed by atoms with Crippen LogP contribution in [0.2, 0.25) is 0 Å². The maximum absolute atomic E-state index is 11.0. The third kappa shape index (κ3) is 1.26. The molecule has 1 aromatic carbocycles. The molecule has 0 saturated heterocycles. The van der Waals surface area contributed by atoms with E-state index >= 15 is 0 Å². The summed E-state index contributed by atoms with van der Waals surface area (Å²) in [6, 6.07) is 5.37. The zero-order valence-corrected chi connectivity index (χ0v) is 6.83. The van der Waals surface area contributed by atoms with E-state index in [1.165, 1.54) is 0 Å². The van der Waals surface area contributed by atoms with Crippen LogP contribution in [0.4, 0.5) is 11.4 Å². The molecule has 1 heterocycles. The van der Waals surface area contributed by atoms with Crippen molar-refractivity contribution in [2.24, 2.45) is 0 Å². The van der Waals surface area contributed by atoms with E-state index in [0.717, 1.165) is 11.3 Å². The molecule has 2 N–H and O–H groups in total. The van der Waals surface area contributed by atoms with Gasteiger partial charge in [0.25, 0.3) is 0 Å². The number of rotatable bonds is 2. The molecule has 0 spiro atoms. The van der Waals surface area contributed by atoms with Crippen LogP contribution in [0, 0.1) is 0 Å². The van der Waals surface area contributed by atoms with Crippen LogP contribution in [0.1, 0.15) is 5.56 Å². The Morgan fingerprint density at radius 2 is 2.31 bits per heavy atom. The second-order valence-corrected chi connectivity index (χ2v) is 2.82. The van der Waals surface area contributed by atoms with Crippen molar-refractivity contribution in [3.8, 4) is 0 Å². The predicted octanol–water partition coefficient (Wildman–Crippen LogP) is 0.750. The van der Waals surface area contributed by atoms with Gasteiger partial charge in [0.05, 0.1) is 6.42 Å². The van der Waals surface area contributed by atoms with E-state index in [1.807, 2.05) is 6.07 Å². The SMILES string of the molecule is O=CNc1cccc2c1CC(=O)N2. The van der Waals surface area contributed by atoms with Crippen LogP contribution in [-0.2, 0) is 16.0 Å². The lowest BCUT2D eigenvalue weighted by Crippen LogP contribution is -2.03. The first-order valence-electron chi connectivity index (χ1n) is 3.93. The van der Waals surface area contributed by atoms with Gasteiger partial charge in [-0.15, -0.1) is 0 Å². The molecular formula is C9H8N2O2. The Kier molecular flexibility index (Phi) is 1.73. The van der Waals surface area contributed by atoms with Crippen LogP contribution in [0.15, 0.2) is 18.2 Å². The number of fused-ring (bicyclic) bond motifs is 1. The Morgan fingerprint density at radius 3 is 3.08 bits per heavy atom. The average Bonchev–Trinajstić information content (AvgIpc) is 2.47. The Hall–Kier alpha value is -1.84. The van der Waals surface area contributed by atoms with Gasteiger partial charge in [0, 0.05) is 16.9 Å². The summed E-state index contributed by atoms with van der Waals surface area (Å²) >= 11 is 0. The maximum atomic E-state index is 11.0. The molecular weight excluding hydrogens is 168 g/mol. The molecule has 0 aliphatic carbocycles. The molecule has 2 amide bonds. The van der Waals surface area contributed by atoms with Gasteiger partial charge in [-0.25, -0.2) is 0 Å². The third-order valence-electron chi connectivity index (χ3n) is 2.00. The standard InChI is InChI=1S/C9H8N2O2/c12-5-10-7-2-1-3-8-6(7)4-9(13)11-8/h1-3,5H,4H2,(H,10,12)(H,11,13). The highest BCUT2D eigenvalue weighted by atomic mass is 16.2. The number of hydrogen-bond donors (Lipinski definition) is 2. The van der Waals surface area contributed by atoms with E-state index in [4.69, 9.17) is 0 Å². The van der Waals surface area contributed by atoms with Crippen LogP contribution in [-0.4, -0.2) is 12.3 Å². The minimum Gasteiger partial charge on any atom is -0.328 e. The smallest absolute Gasteiger partial charge is 0.228 e. The summed E-state index contributed by atoms with van der Waals surface area (Å²) < 4.78 is 0. The van der Waals surface area contributed by atoms with Crippen molar-refractivity contribution in [2.75, 3.05) is 10.6 Å². The quantitative estimate of drug-likeness (QED) is 0.653. The lowest BCUT2D eigenvalue weighted by atomic mass is 10.1. The fraction of sp³-hybridized carbons (Fsp3) is 0.111. The number of anilines is 2. The average molecular weight is 176 g/mol. The van der Waals surface area contributed by atoms with Crippen molar-refractivity contribution in [1.29, 1.82) is 0 Å². The molecule has 1 aromatic rings. The van der Waals surface area contributed by atoms with Crippen molar-refractivity contribution in [2.45, 2.75) is 6.42 Å². The van der Waals surface area contributed by atoms with Crippen molar-refractivity contribution in [3.63, 3.8) is 0 Å². The summed E-state index contributed by atoms with van der Waals surface area (Å²) in [5, 5.41) is 5.26. The number of benzene rings is 1. The fourth-order valence-electron chi connectivity index (χ4n) is 1.45. The minimum absolute atomic E-state index is 0.0323. The molecule has 66 valence electrons. The van der Waals surface area contributed by atoms with Gasteiger partial charge in [-0.1, -0.05) is 6.07 Å². The van der Waals surface area contributed by atoms with Crippen LogP contribution in [0.3, 0.4) is 0 Å². The molecule has 0 bridgehead atoms. The summed E-state index contributed by atoms with van der Waals surface area (Å²) in [6.07, 6.45) is 0.949. The number of carbonyl (C=O) groups is 2. The predicted molar refractivity (Wildman–Crippen MR) is 48.5 cm³/mol. The lowest BCUT2D eigenvalue weighted by molar-refractivity contribution is -0.115. The van der Waals surface area contributed by atoms with Crippen LogP contribution >= 0.6 is 0 Å². The third-order valence-corrected chi connectivity index (χ3v) is 2.00. The van der Waals surface area contributed by atoms with Crippen molar-refractivity contribution in [3.05, 3.63) is 23.8 Å². The fourth-order valence-corrected chi connectivity index (χ4v) is 1.45. The Bertz CT molecular complexity index is 374. The Balaban J connectivity index is 2.44. The highest BCUT2D eigenvalue weighted by Crippen LogP contribution is 2.29. The Labute approximate surface area is 74.9 Å². The van der Waals surface area contributed by atoms with Crippen LogP contribution in [0.25, 0.3) is 0 Å². The van der Waals surface area contributed by atoms with Gasteiger partial charge < -0.3 is 10.6 Å². The van der Waals surface area contributed by atoms with Gasteiger partial charge >= 0.3 is 0 Å². The highest BCUT2D eigenvalue weighted by molar-refractivity contribution is 6.01. The normalized spacial score (nSPS) is 13.4. The highest BCUT2D eigenvalue weighted by Gasteiger charge is 2.19. The summed E-state index contributed by atoms with van der Waals surface area (Å²) in [5.74, 6) is -0.0323. The van der Waals surface area contributed by atoms with Crippen molar-refractivity contribution in [1.82, 2.24) is 0 Å². The van der Waals surface area contributed by atoms with E-state index in [0.29, 0.717) is 18.5 Å². The molecule has 0 fully saturated rings. The summed E-state index contributed by atoms with van der Waals surface area (Å²) in [7, 11) is 0. The van der Waals surface area contributed by atoms with Gasteiger partial charge in [0.1, 0.15) is 0 Å². The van der Waals surface area contributed by atoms with E-state index < -0.39 is 0 Å². The summed E-state index contributed by atoms with van der Waals surface area (Å²) in [4.78, 5) is 21.3. The topological polar surface area (TPSA) is 58.2 Å². The van der Waals surface area contributed by atoms with Gasteiger partial charge in [-0.2, -0.15) is 0 Å². The zero-order chi connectivity index (χ0) is 9.26. The zero-order valence-electron chi connectivity index (χ0n) is 6.83. The van der Waals surface area contributed by atoms with Gasteiger partial charge in [-0.05, 0) is 12.1 Å². The second-order valence-electron chi connectivity index (χ2n) is 2.82. The van der Waals surface area contributed by atoms with E-state index in [9.17, 15) is 9.59 Å². The minimum atomic E-state index is -0.0323. The molecule has 2 rings (SSSR count). The molecule has 0 radical (unpaired) electrons. The van der Waals surface area contributed by atoms with E-state index in [1.54, 1.807) is 12.1 Å². The molecule has 1 aliphatic rings. The van der Waals surface area contributed by atoms with Gasteiger partial charge in [-0.3, -0.25) is 9.59 Å². The molecule has 0 atom stereocenters. The van der Waals surface area contributed by atoms with Crippen molar-refractivity contribution < 1.29 is 9.59 Å². The van der Waals surface area contributed by atoms with Gasteiger partial charge in [0.2, 0.25) is 12.3 Å². The first kappa shape index (κ1) is 7.79. The first-order chi connectivity index (χ1) is 6.31. The molecule has 1 aliphatic heterocycles. The molecule has 4 heteroatoms. The van der Waals surface area contributed by atoms with E-state index in [-0.39, 0.29) is 5.91 Å². The Morgan fingerprint density at radius 1 is 1.46 bits per heavy atom. The maximum Gasteiger partial charge on any atom is 0.228 e. The number of amides is 2.